The summed E-state index contributed by atoms with van der Waals surface area (Å²) in [4.78, 5) is 0. The van der Waals surface area contributed by atoms with Crippen LogP contribution in [0.1, 0.15) is 35.8 Å². The molecule has 2 N–H and O–H groups in total. The number of nitrogens with one attached hydrogen (secondary N) is 1. The Bertz CT molecular complexity index is 642. The summed E-state index contributed by atoms with van der Waals surface area (Å²) in [5, 5.41) is 13.9. The third-order valence-corrected chi connectivity index (χ3v) is 3.96. The number of benzene rings is 2. The van der Waals surface area contributed by atoms with Crippen LogP contribution in [0.15, 0.2) is 42.5 Å². The summed E-state index contributed by atoms with van der Waals surface area (Å²) in [7, 11) is 3.21. The topological polar surface area (TPSA) is 50.7 Å². The Labute approximate surface area is 138 Å². The van der Waals surface area contributed by atoms with Gasteiger partial charge in [-0.15, -0.1) is 0 Å². The van der Waals surface area contributed by atoms with Crippen LogP contribution in [0.3, 0.4) is 0 Å². The van der Waals surface area contributed by atoms with Gasteiger partial charge in [0.25, 0.3) is 0 Å². The highest BCUT2D eigenvalue weighted by Crippen LogP contribution is 2.29. The van der Waals surface area contributed by atoms with Gasteiger partial charge in [-0.1, -0.05) is 29.8 Å². The number of aliphatic hydroxyl groups excluding tert-OH is 1. The van der Waals surface area contributed by atoms with Crippen LogP contribution in [0.5, 0.6) is 11.5 Å². The van der Waals surface area contributed by atoms with E-state index in [2.05, 4.69) is 37.4 Å². The van der Waals surface area contributed by atoms with Gasteiger partial charge in [0.2, 0.25) is 0 Å². The first kappa shape index (κ1) is 17.3. The number of aryl methyl sites for hydroxylation is 1. The van der Waals surface area contributed by atoms with E-state index in [-0.39, 0.29) is 6.04 Å². The highest BCUT2D eigenvalue weighted by Gasteiger charge is 2.16. The van der Waals surface area contributed by atoms with Crippen LogP contribution in [0, 0.1) is 6.92 Å². The number of ether oxygens (including phenoxy) is 2. The van der Waals surface area contributed by atoms with E-state index in [1.54, 1.807) is 20.3 Å². The maximum absolute atomic E-state index is 10.5. The molecule has 124 valence electrons. The van der Waals surface area contributed by atoms with Gasteiger partial charge in [-0.05, 0) is 37.6 Å². The van der Waals surface area contributed by atoms with Crippen LogP contribution >= 0.6 is 0 Å². The predicted octanol–water partition coefficient (Wildman–Crippen LogP) is 3.40. The molecule has 23 heavy (non-hydrogen) atoms. The Morgan fingerprint density at radius 3 is 2.52 bits per heavy atom. The third-order valence-electron chi connectivity index (χ3n) is 3.96. The fourth-order valence-electron chi connectivity index (χ4n) is 2.56. The average molecular weight is 315 g/mol. The summed E-state index contributed by atoms with van der Waals surface area (Å²) < 4.78 is 10.6. The van der Waals surface area contributed by atoms with Crippen molar-refractivity contribution in [3.63, 3.8) is 0 Å². The second-order valence-electron chi connectivity index (χ2n) is 5.67. The molecule has 0 aliphatic rings. The Kier molecular flexibility index (Phi) is 6.02. The number of rotatable bonds is 7. The molecule has 2 aromatic rings. The minimum absolute atomic E-state index is 0.154. The summed E-state index contributed by atoms with van der Waals surface area (Å²) in [6, 6.07) is 13.9. The fourth-order valence-corrected chi connectivity index (χ4v) is 2.56. The van der Waals surface area contributed by atoms with Gasteiger partial charge in [-0.3, -0.25) is 0 Å². The lowest BCUT2D eigenvalue weighted by Gasteiger charge is -2.20. The molecule has 4 nitrogen and oxygen atoms in total. The summed E-state index contributed by atoms with van der Waals surface area (Å²) in [5.41, 5.74) is 3.15. The van der Waals surface area contributed by atoms with Crippen molar-refractivity contribution in [1.29, 1.82) is 0 Å². The summed E-state index contributed by atoms with van der Waals surface area (Å²) in [6.07, 6.45) is -0.674. The van der Waals surface area contributed by atoms with E-state index >= 15 is 0 Å². The molecule has 0 heterocycles. The second kappa shape index (κ2) is 7.99. The number of methoxy groups -OCH3 is 2. The van der Waals surface area contributed by atoms with Gasteiger partial charge in [0.15, 0.2) is 0 Å². The molecule has 0 aliphatic heterocycles. The van der Waals surface area contributed by atoms with Crippen molar-refractivity contribution in [3.05, 3.63) is 59.2 Å². The van der Waals surface area contributed by atoms with E-state index in [0.717, 1.165) is 5.56 Å². The minimum Gasteiger partial charge on any atom is -0.497 e. The first-order valence-corrected chi connectivity index (χ1v) is 7.75. The maximum atomic E-state index is 10.5. The molecular formula is C19H25NO3. The lowest BCUT2D eigenvalue weighted by Crippen LogP contribution is -2.25. The standard InChI is InChI=1S/C19H25NO3/c1-13-6-5-7-15(10-13)14(2)20-12-18(21)17-11-16(22-3)8-9-19(17)23-4/h5-11,14,18,20-21H,12H2,1-4H3. The van der Waals surface area contributed by atoms with E-state index in [4.69, 9.17) is 9.47 Å². The number of aliphatic hydroxyl groups is 1. The van der Waals surface area contributed by atoms with Crippen LogP contribution in [0.4, 0.5) is 0 Å². The highest BCUT2D eigenvalue weighted by molar-refractivity contribution is 5.41. The van der Waals surface area contributed by atoms with Crippen molar-refractivity contribution in [2.45, 2.75) is 26.0 Å². The summed E-state index contributed by atoms with van der Waals surface area (Å²) >= 11 is 0. The fraction of sp³-hybridized carbons (Fsp3) is 0.368. The van der Waals surface area contributed by atoms with Gasteiger partial charge in [-0.2, -0.15) is 0 Å². The first-order valence-electron chi connectivity index (χ1n) is 7.75. The third kappa shape index (κ3) is 4.47. The zero-order chi connectivity index (χ0) is 16.8. The molecular weight excluding hydrogens is 290 g/mol. The summed E-state index contributed by atoms with van der Waals surface area (Å²) in [5.74, 6) is 1.36. The lowest BCUT2D eigenvalue weighted by molar-refractivity contribution is 0.166. The van der Waals surface area contributed by atoms with Gasteiger partial charge >= 0.3 is 0 Å². The molecule has 2 aromatic carbocycles. The van der Waals surface area contributed by atoms with Gasteiger partial charge < -0.3 is 19.9 Å². The number of hydrogen-bond acceptors (Lipinski definition) is 4. The molecule has 2 atom stereocenters. The van der Waals surface area contributed by atoms with E-state index in [1.807, 2.05) is 18.2 Å². The van der Waals surface area contributed by atoms with Gasteiger partial charge in [0, 0.05) is 18.2 Å². The maximum Gasteiger partial charge on any atom is 0.124 e. The normalized spacial score (nSPS) is 13.4. The zero-order valence-electron chi connectivity index (χ0n) is 14.2. The van der Waals surface area contributed by atoms with Gasteiger partial charge in [-0.25, -0.2) is 0 Å². The Morgan fingerprint density at radius 1 is 1.09 bits per heavy atom. The molecule has 0 fully saturated rings. The van der Waals surface area contributed by atoms with Crippen LogP contribution in [0.25, 0.3) is 0 Å². The van der Waals surface area contributed by atoms with Crippen LogP contribution < -0.4 is 14.8 Å². The van der Waals surface area contributed by atoms with Crippen LogP contribution in [-0.2, 0) is 0 Å². The SMILES string of the molecule is COc1ccc(OC)c(C(O)CNC(C)c2cccc(C)c2)c1. The smallest absolute Gasteiger partial charge is 0.124 e. The van der Waals surface area contributed by atoms with Crippen molar-refractivity contribution in [1.82, 2.24) is 5.32 Å². The van der Waals surface area contributed by atoms with E-state index < -0.39 is 6.10 Å². The average Bonchev–Trinajstić information content (AvgIpc) is 2.58. The molecule has 0 saturated heterocycles. The molecule has 0 amide bonds. The quantitative estimate of drug-likeness (QED) is 0.822. The largest absolute Gasteiger partial charge is 0.497 e. The molecule has 2 rings (SSSR count). The van der Waals surface area contributed by atoms with Crippen molar-refractivity contribution < 1.29 is 14.6 Å². The highest BCUT2D eigenvalue weighted by atomic mass is 16.5. The second-order valence-corrected chi connectivity index (χ2v) is 5.67. The molecule has 4 heteroatoms. The number of hydrogen-bond donors (Lipinski definition) is 2. The van der Waals surface area contributed by atoms with E-state index in [0.29, 0.717) is 18.0 Å². The monoisotopic (exact) mass is 315 g/mol. The Hall–Kier alpha value is -2.04. The van der Waals surface area contributed by atoms with Gasteiger partial charge in [0.1, 0.15) is 11.5 Å². The molecule has 0 radical (unpaired) electrons. The van der Waals surface area contributed by atoms with Gasteiger partial charge in [0.05, 0.1) is 20.3 Å². The van der Waals surface area contributed by atoms with Crippen LogP contribution in [0.2, 0.25) is 0 Å². The van der Waals surface area contributed by atoms with Crippen molar-refractivity contribution >= 4 is 0 Å². The molecule has 0 aliphatic carbocycles. The Morgan fingerprint density at radius 2 is 1.87 bits per heavy atom. The van der Waals surface area contributed by atoms with Crippen LogP contribution in [-0.4, -0.2) is 25.9 Å². The molecule has 0 aromatic heterocycles. The van der Waals surface area contributed by atoms with Crippen molar-refractivity contribution in [3.8, 4) is 11.5 Å². The predicted molar refractivity (Wildman–Crippen MR) is 92.1 cm³/mol. The molecule has 2 unspecified atom stereocenters. The first-order chi connectivity index (χ1) is 11.0. The molecule has 0 bridgehead atoms. The summed E-state index contributed by atoms with van der Waals surface area (Å²) in [6.45, 7) is 4.59. The Balaban J connectivity index is 2.05. The zero-order valence-corrected chi connectivity index (χ0v) is 14.2. The molecule has 0 spiro atoms. The lowest BCUT2D eigenvalue weighted by atomic mass is 10.0. The van der Waals surface area contributed by atoms with Crippen molar-refractivity contribution in [2.75, 3.05) is 20.8 Å². The van der Waals surface area contributed by atoms with E-state index in [1.165, 1.54) is 11.1 Å². The minimum atomic E-state index is -0.674. The van der Waals surface area contributed by atoms with Crippen molar-refractivity contribution in [2.24, 2.45) is 0 Å². The van der Waals surface area contributed by atoms with E-state index in [9.17, 15) is 5.11 Å². The molecule has 0 saturated carbocycles.